The Balaban J connectivity index is 0.954. The van der Waals surface area contributed by atoms with Gasteiger partial charge in [-0.2, -0.15) is 11.8 Å². The van der Waals surface area contributed by atoms with Crippen LogP contribution in [0.3, 0.4) is 0 Å². The van der Waals surface area contributed by atoms with E-state index in [1.54, 1.807) is 0 Å². The molecule has 4 atom stereocenters. The fraction of sp³-hybridized carbons (Fsp3) is 0.860. The molecule has 14 heteroatoms. The van der Waals surface area contributed by atoms with Gasteiger partial charge in [0.15, 0.2) is 6.54 Å². The van der Waals surface area contributed by atoms with Crippen LogP contribution in [0.25, 0.3) is 0 Å². The third-order valence-electron chi connectivity index (χ3n) is 12.0. The quantitative estimate of drug-likeness (QED) is 0.0349. The number of urea groups is 1. The number of nitrogens with zero attached hydrogens (tertiary/aromatic N) is 2. The van der Waals surface area contributed by atoms with Crippen molar-refractivity contribution in [2.45, 2.75) is 159 Å². The van der Waals surface area contributed by atoms with Crippen LogP contribution >= 0.6 is 11.8 Å². The Kier molecular flexibility index (Phi) is 22.1. The highest BCUT2D eigenvalue weighted by Crippen LogP contribution is 2.39. The molecule has 0 aromatic heterocycles. The number of thioether (sulfide) groups is 1. The number of hydrogen-bond acceptors (Lipinski definition) is 9. The lowest BCUT2D eigenvalue weighted by molar-refractivity contribution is -0.528. The van der Waals surface area contributed by atoms with E-state index in [9.17, 15) is 19.5 Å². The molecular formula is C43H77N6O7S+. The zero-order valence-electron chi connectivity index (χ0n) is 35.6. The summed E-state index contributed by atoms with van der Waals surface area (Å²) in [5, 5.41) is 24.2. The van der Waals surface area contributed by atoms with Crippen LogP contribution in [0.5, 0.6) is 0 Å². The molecule has 2 fully saturated rings. The molecule has 0 bridgehead atoms. The number of unbranched alkanes of at least 4 members (excludes halogenated alkanes) is 12. The minimum atomic E-state index is -0.955. The number of amides is 4. The Morgan fingerprint density at radius 3 is 2.07 bits per heavy atom. The molecule has 326 valence electrons. The van der Waals surface area contributed by atoms with E-state index in [0.29, 0.717) is 64.4 Å². The van der Waals surface area contributed by atoms with Crippen LogP contribution in [0, 0.1) is 0 Å². The van der Waals surface area contributed by atoms with E-state index in [-0.39, 0.29) is 36.5 Å². The predicted octanol–water partition coefficient (Wildman–Crippen LogP) is 5.24. The van der Waals surface area contributed by atoms with Gasteiger partial charge in [0.1, 0.15) is 0 Å². The Labute approximate surface area is 347 Å². The van der Waals surface area contributed by atoms with Crippen molar-refractivity contribution in [1.29, 1.82) is 0 Å². The van der Waals surface area contributed by atoms with E-state index in [1.807, 2.05) is 11.8 Å². The minimum Gasteiger partial charge on any atom is -0.377 e. The number of nitrogens with one attached hydrogen (secondary N) is 4. The standard InChI is InChI=1S/C43H76N6O7S/c1-4-5-6-7-8-9-10-11-12-13-14-17-21-43(53)35(3)34(2)41-48(24-18-25-49(41)43)32-39(51)45-23-27-55-29-31-56-30-28-54-26-22-44-38(50)20-16-15-19-37-40-36(33-57-37)46-42(52)47-40/h36-37,40,53H,4-33H2,1-3H3,(H3-,44,45,46,47,50,51,52)/p+1/t36-,37-,40-,43?/m0/s1. The number of amidine groups is 1. The number of ether oxygens (including phenoxy) is 3. The normalized spacial score (nSPS) is 22.8. The molecule has 0 radical (unpaired) electrons. The van der Waals surface area contributed by atoms with Crippen molar-refractivity contribution in [1.82, 2.24) is 26.2 Å². The van der Waals surface area contributed by atoms with Gasteiger partial charge in [-0.3, -0.25) is 14.2 Å². The Bertz CT molecular complexity index is 1300. The summed E-state index contributed by atoms with van der Waals surface area (Å²) < 4.78 is 18.9. The van der Waals surface area contributed by atoms with E-state index < -0.39 is 5.72 Å². The van der Waals surface area contributed by atoms with Crippen molar-refractivity contribution in [3.8, 4) is 0 Å². The summed E-state index contributed by atoms with van der Waals surface area (Å²) >= 11 is 1.90. The molecule has 0 aromatic carbocycles. The van der Waals surface area contributed by atoms with Gasteiger partial charge < -0.3 is 40.6 Å². The molecule has 0 saturated carbocycles. The highest BCUT2D eigenvalue weighted by molar-refractivity contribution is 8.00. The average Bonchev–Trinajstić information content (AvgIpc) is 3.82. The fourth-order valence-corrected chi connectivity index (χ4v) is 10.2. The fourth-order valence-electron chi connectivity index (χ4n) is 8.62. The van der Waals surface area contributed by atoms with Crippen molar-refractivity contribution < 1.29 is 38.3 Å². The molecule has 13 nitrogen and oxygen atoms in total. The Hall–Kier alpha value is -2.39. The van der Waals surface area contributed by atoms with Gasteiger partial charge in [0.25, 0.3) is 11.7 Å². The first-order valence-corrected chi connectivity index (χ1v) is 23.5. The average molecular weight is 822 g/mol. The second-order valence-electron chi connectivity index (χ2n) is 16.4. The first kappa shape index (κ1) is 47.3. The summed E-state index contributed by atoms with van der Waals surface area (Å²) in [7, 11) is 0. The maximum absolute atomic E-state index is 12.9. The van der Waals surface area contributed by atoms with Gasteiger partial charge in [0.05, 0.1) is 64.8 Å². The van der Waals surface area contributed by atoms with E-state index >= 15 is 0 Å². The van der Waals surface area contributed by atoms with Gasteiger partial charge in [-0.15, -0.1) is 0 Å². The van der Waals surface area contributed by atoms with E-state index in [4.69, 9.17) is 14.2 Å². The molecule has 0 aromatic rings. The first-order chi connectivity index (χ1) is 27.7. The third kappa shape index (κ3) is 16.0. The zero-order chi connectivity index (χ0) is 40.7. The molecule has 4 rings (SSSR count). The van der Waals surface area contributed by atoms with E-state index in [2.05, 4.69) is 51.5 Å². The molecule has 4 heterocycles. The molecule has 2 saturated heterocycles. The summed E-state index contributed by atoms with van der Waals surface area (Å²) in [6.45, 7) is 11.8. The molecule has 4 aliphatic rings. The smallest absolute Gasteiger partial charge is 0.315 e. The third-order valence-corrected chi connectivity index (χ3v) is 13.5. The summed E-state index contributed by atoms with van der Waals surface area (Å²) in [6, 6.07) is 0.398. The number of fused-ring (bicyclic) bond motifs is 2. The lowest BCUT2D eigenvalue weighted by Crippen LogP contribution is -2.54. The second-order valence-corrected chi connectivity index (χ2v) is 17.6. The van der Waals surface area contributed by atoms with Gasteiger partial charge in [0.2, 0.25) is 11.6 Å². The molecule has 0 spiro atoms. The number of aliphatic hydroxyl groups is 1. The van der Waals surface area contributed by atoms with E-state index in [0.717, 1.165) is 80.8 Å². The highest BCUT2D eigenvalue weighted by Gasteiger charge is 2.53. The van der Waals surface area contributed by atoms with Crippen LogP contribution in [0.2, 0.25) is 0 Å². The van der Waals surface area contributed by atoms with Gasteiger partial charge in [-0.1, -0.05) is 84.0 Å². The number of carbonyl (C=O) groups is 3. The van der Waals surface area contributed by atoms with Crippen LogP contribution in [0.4, 0.5) is 4.79 Å². The molecule has 4 amide bonds. The van der Waals surface area contributed by atoms with Crippen LogP contribution in [-0.4, -0.2) is 139 Å². The van der Waals surface area contributed by atoms with Gasteiger partial charge in [-0.05, 0) is 33.1 Å². The maximum atomic E-state index is 12.9. The first-order valence-electron chi connectivity index (χ1n) is 22.5. The largest absolute Gasteiger partial charge is 0.377 e. The predicted molar refractivity (Wildman–Crippen MR) is 228 cm³/mol. The molecular weight excluding hydrogens is 745 g/mol. The maximum Gasteiger partial charge on any atom is 0.315 e. The van der Waals surface area contributed by atoms with Crippen molar-refractivity contribution in [3.05, 3.63) is 11.1 Å². The van der Waals surface area contributed by atoms with Gasteiger partial charge in [-0.25, -0.2) is 9.69 Å². The molecule has 4 aliphatic heterocycles. The van der Waals surface area contributed by atoms with Crippen molar-refractivity contribution >= 4 is 35.4 Å². The number of hydrogen-bond donors (Lipinski definition) is 5. The molecule has 1 unspecified atom stereocenters. The molecule has 57 heavy (non-hydrogen) atoms. The lowest BCUT2D eigenvalue weighted by Gasteiger charge is -2.34. The van der Waals surface area contributed by atoms with Crippen LogP contribution in [-0.2, 0) is 23.8 Å². The SMILES string of the molecule is CCCCCCCCCCCCCCC1(O)C(C)=C(C)C2=[N+](CC(=O)NCCOCCOCCOCCNC(=O)CCCC[C@@H]3SC[C@@H]4NC(=O)N[C@@H]43)CCCN21. The Morgan fingerprint density at radius 1 is 0.825 bits per heavy atom. The summed E-state index contributed by atoms with van der Waals surface area (Å²) in [5.41, 5.74) is 1.16. The molecule has 0 aliphatic carbocycles. The zero-order valence-corrected chi connectivity index (χ0v) is 36.5. The van der Waals surface area contributed by atoms with Gasteiger partial charge >= 0.3 is 6.03 Å². The van der Waals surface area contributed by atoms with Crippen LogP contribution in [0.1, 0.15) is 136 Å². The second kappa shape index (κ2) is 26.7. The summed E-state index contributed by atoms with van der Waals surface area (Å²) in [5.74, 6) is 1.96. The number of rotatable bonds is 32. The highest BCUT2D eigenvalue weighted by atomic mass is 32.2. The van der Waals surface area contributed by atoms with E-state index in [1.165, 1.54) is 64.2 Å². The van der Waals surface area contributed by atoms with Crippen molar-refractivity contribution in [3.63, 3.8) is 0 Å². The summed E-state index contributed by atoms with van der Waals surface area (Å²) in [4.78, 5) is 38.7. The van der Waals surface area contributed by atoms with Gasteiger partial charge in [0, 0.05) is 54.5 Å². The topological polar surface area (TPSA) is 154 Å². The van der Waals surface area contributed by atoms with Crippen molar-refractivity contribution in [2.24, 2.45) is 0 Å². The van der Waals surface area contributed by atoms with Crippen LogP contribution in [0.15, 0.2) is 11.1 Å². The van der Waals surface area contributed by atoms with Crippen LogP contribution < -0.4 is 21.3 Å². The Morgan fingerprint density at radius 2 is 1.42 bits per heavy atom. The van der Waals surface area contributed by atoms with Crippen molar-refractivity contribution in [2.75, 3.05) is 78.1 Å². The minimum absolute atomic E-state index is 0.0392. The number of carbonyl (C=O) groups excluding carboxylic acids is 3. The molecule has 5 N–H and O–H groups in total. The lowest BCUT2D eigenvalue weighted by atomic mass is 9.96. The summed E-state index contributed by atoms with van der Waals surface area (Å²) in [6.07, 6.45) is 20.5. The monoisotopic (exact) mass is 822 g/mol.